The Morgan fingerprint density at radius 1 is 1.10 bits per heavy atom. The highest BCUT2D eigenvalue weighted by molar-refractivity contribution is 5.49. The molecule has 1 aliphatic carbocycles. The summed E-state index contributed by atoms with van der Waals surface area (Å²) in [6, 6.07) is 1.88. The van der Waals surface area contributed by atoms with E-state index in [-0.39, 0.29) is 11.0 Å². The molecule has 0 spiro atoms. The van der Waals surface area contributed by atoms with Crippen LogP contribution in [-0.4, -0.2) is 15.5 Å². The minimum Gasteiger partial charge on any atom is -0.365 e. The molecule has 1 aliphatic rings. The minimum absolute atomic E-state index is 0.100. The largest absolute Gasteiger partial charge is 0.365 e. The molecule has 20 heavy (non-hydrogen) atoms. The number of rotatable bonds is 3. The number of nitrogens with zero attached hydrogens (tertiary/aromatic N) is 2. The van der Waals surface area contributed by atoms with Gasteiger partial charge in [0.15, 0.2) is 0 Å². The molecular formula is C15H27N5. The normalized spacial score (nSPS) is 18.6. The molecule has 1 aromatic heterocycles. The summed E-state index contributed by atoms with van der Waals surface area (Å²) in [5.41, 5.74) is 2.67. The Labute approximate surface area is 121 Å². The van der Waals surface area contributed by atoms with E-state index in [0.717, 1.165) is 11.6 Å². The van der Waals surface area contributed by atoms with Gasteiger partial charge in [-0.1, -0.05) is 40.0 Å². The van der Waals surface area contributed by atoms with E-state index in [1.807, 2.05) is 6.07 Å². The monoisotopic (exact) mass is 277 g/mol. The minimum atomic E-state index is -0.100. The second-order valence-electron chi connectivity index (χ2n) is 7.10. The van der Waals surface area contributed by atoms with Crippen molar-refractivity contribution in [2.45, 2.75) is 70.8 Å². The predicted molar refractivity (Wildman–Crippen MR) is 83.7 cm³/mol. The molecule has 5 nitrogen and oxygen atoms in total. The zero-order valence-corrected chi connectivity index (χ0v) is 13.1. The van der Waals surface area contributed by atoms with Crippen molar-refractivity contribution in [1.82, 2.24) is 9.97 Å². The highest BCUT2D eigenvalue weighted by Gasteiger charge is 2.28. The van der Waals surface area contributed by atoms with Crippen LogP contribution in [0.4, 0.5) is 11.6 Å². The van der Waals surface area contributed by atoms with Crippen molar-refractivity contribution >= 4 is 11.6 Å². The van der Waals surface area contributed by atoms with E-state index in [9.17, 15) is 0 Å². The number of nitrogens with one attached hydrogen (secondary N) is 2. The Morgan fingerprint density at radius 3 is 2.25 bits per heavy atom. The van der Waals surface area contributed by atoms with Crippen LogP contribution in [0.25, 0.3) is 0 Å². The summed E-state index contributed by atoms with van der Waals surface area (Å²) in [7, 11) is 0. The van der Waals surface area contributed by atoms with Gasteiger partial charge in [0.2, 0.25) is 0 Å². The maximum Gasteiger partial charge on any atom is 0.145 e. The Kier molecular flexibility index (Phi) is 4.18. The van der Waals surface area contributed by atoms with Gasteiger partial charge in [0.25, 0.3) is 0 Å². The van der Waals surface area contributed by atoms with Crippen molar-refractivity contribution in [3.8, 4) is 0 Å². The summed E-state index contributed by atoms with van der Waals surface area (Å²) >= 11 is 0. The number of aromatic nitrogens is 2. The average Bonchev–Trinajstić information content (AvgIpc) is 2.37. The molecule has 0 atom stereocenters. The van der Waals surface area contributed by atoms with Crippen molar-refractivity contribution in [3.05, 3.63) is 11.9 Å². The first-order valence-electron chi connectivity index (χ1n) is 7.47. The maximum atomic E-state index is 5.53. The predicted octanol–water partition coefficient (Wildman–Crippen LogP) is 3.19. The van der Waals surface area contributed by atoms with E-state index in [1.165, 1.54) is 32.1 Å². The summed E-state index contributed by atoms with van der Waals surface area (Å²) in [6.07, 6.45) is 6.27. The molecule has 0 aliphatic heterocycles. The van der Waals surface area contributed by atoms with E-state index >= 15 is 0 Å². The van der Waals surface area contributed by atoms with Crippen LogP contribution in [0.15, 0.2) is 6.07 Å². The molecule has 0 bridgehead atoms. The van der Waals surface area contributed by atoms with Crippen LogP contribution < -0.4 is 16.6 Å². The fourth-order valence-electron chi connectivity index (χ4n) is 2.69. The molecule has 1 aromatic rings. The van der Waals surface area contributed by atoms with Crippen LogP contribution in [-0.2, 0) is 5.41 Å². The van der Waals surface area contributed by atoms with Gasteiger partial charge >= 0.3 is 0 Å². The molecule has 1 fully saturated rings. The molecule has 0 amide bonds. The zero-order chi connectivity index (χ0) is 14.8. The van der Waals surface area contributed by atoms with Crippen LogP contribution in [0.5, 0.6) is 0 Å². The molecule has 112 valence electrons. The number of hydrogen-bond donors (Lipinski definition) is 3. The first-order valence-corrected chi connectivity index (χ1v) is 7.47. The molecule has 0 saturated heterocycles. The summed E-state index contributed by atoms with van der Waals surface area (Å²) in [6.45, 7) is 8.60. The van der Waals surface area contributed by atoms with Crippen molar-refractivity contribution in [1.29, 1.82) is 0 Å². The standard InChI is InChI=1S/C15H27N5/c1-14(2,3)13-17-11(10-12(18-13)20-16)19-15(4)8-6-5-7-9-15/h10H,5-9,16H2,1-4H3,(H2,17,18,19,20). The zero-order valence-electron chi connectivity index (χ0n) is 13.1. The fourth-order valence-corrected chi connectivity index (χ4v) is 2.69. The lowest BCUT2D eigenvalue weighted by atomic mass is 9.83. The van der Waals surface area contributed by atoms with Crippen LogP contribution in [0, 0.1) is 0 Å². The van der Waals surface area contributed by atoms with E-state index < -0.39 is 0 Å². The van der Waals surface area contributed by atoms with Gasteiger partial charge < -0.3 is 10.7 Å². The van der Waals surface area contributed by atoms with Crippen LogP contribution >= 0.6 is 0 Å². The maximum absolute atomic E-state index is 5.53. The molecule has 2 rings (SSSR count). The molecule has 4 N–H and O–H groups in total. The molecule has 5 heteroatoms. The van der Waals surface area contributed by atoms with Crippen molar-refractivity contribution in [3.63, 3.8) is 0 Å². The van der Waals surface area contributed by atoms with Gasteiger partial charge in [-0.2, -0.15) is 0 Å². The van der Waals surface area contributed by atoms with Gasteiger partial charge in [0.05, 0.1) is 0 Å². The van der Waals surface area contributed by atoms with Gasteiger partial charge in [-0.25, -0.2) is 15.8 Å². The summed E-state index contributed by atoms with van der Waals surface area (Å²) in [4.78, 5) is 9.13. The summed E-state index contributed by atoms with van der Waals surface area (Å²) in [5.74, 6) is 7.85. The van der Waals surface area contributed by atoms with E-state index in [2.05, 4.69) is 48.4 Å². The van der Waals surface area contributed by atoms with E-state index in [0.29, 0.717) is 5.82 Å². The number of hydrogen-bond acceptors (Lipinski definition) is 5. The third-order valence-electron chi connectivity index (χ3n) is 3.93. The second kappa shape index (κ2) is 5.56. The third kappa shape index (κ3) is 3.60. The van der Waals surface area contributed by atoms with Crippen molar-refractivity contribution in [2.75, 3.05) is 10.7 Å². The number of nitrogen functional groups attached to an aromatic ring is 1. The van der Waals surface area contributed by atoms with Crippen molar-refractivity contribution in [2.24, 2.45) is 5.84 Å². The number of anilines is 2. The van der Waals surface area contributed by atoms with E-state index in [4.69, 9.17) is 5.84 Å². The van der Waals surface area contributed by atoms with Crippen molar-refractivity contribution < 1.29 is 0 Å². The lowest BCUT2D eigenvalue weighted by molar-refractivity contribution is 0.348. The molecular weight excluding hydrogens is 250 g/mol. The van der Waals surface area contributed by atoms with Crippen LogP contribution in [0.3, 0.4) is 0 Å². The van der Waals surface area contributed by atoms with Gasteiger partial charge in [0, 0.05) is 17.0 Å². The smallest absolute Gasteiger partial charge is 0.145 e. The Morgan fingerprint density at radius 2 is 1.70 bits per heavy atom. The van der Waals surface area contributed by atoms with Crippen LogP contribution in [0.2, 0.25) is 0 Å². The first kappa shape index (κ1) is 15.0. The summed E-state index contributed by atoms with van der Waals surface area (Å²) in [5, 5.41) is 3.60. The fraction of sp³-hybridized carbons (Fsp3) is 0.733. The lowest BCUT2D eigenvalue weighted by Gasteiger charge is -2.35. The molecule has 0 radical (unpaired) electrons. The highest BCUT2D eigenvalue weighted by Crippen LogP contribution is 2.31. The highest BCUT2D eigenvalue weighted by atomic mass is 15.3. The van der Waals surface area contributed by atoms with Crippen LogP contribution in [0.1, 0.15) is 65.6 Å². The molecule has 0 unspecified atom stereocenters. The second-order valence-corrected chi connectivity index (χ2v) is 7.10. The topological polar surface area (TPSA) is 75.9 Å². The SMILES string of the molecule is CC1(Nc2cc(NN)nc(C(C)(C)C)n2)CCCCC1. The Balaban J connectivity index is 2.26. The number of hydrazine groups is 1. The Hall–Kier alpha value is -1.36. The van der Waals surface area contributed by atoms with Gasteiger partial charge in [-0.15, -0.1) is 0 Å². The van der Waals surface area contributed by atoms with Gasteiger partial charge in [-0.3, -0.25) is 0 Å². The van der Waals surface area contributed by atoms with Gasteiger partial charge in [0.1, 0.15) is 17.5 Å². The molecule has 0 aromatic carbocycles. The molecule has 1 saturated carbocycles. The first-order chi connectivity index (χ1) is 9.32. The van der Waals surface area contributed by atoms with Gasteiger partial charge in [-0.05, 0) is 19.8 Å². The lowest BCUT2D eigenvalue weighted by Crippen LogP contribution is -2.37. The Bertz CT molecular complexity index is 458. The van der Waals surface area contributed by atoms with E-state index in [1.54, 1.807) is 0 Å². The average molecular weight is 277 g/mol. The summed E-state index contributed by atoms with van der Waals surface area (Å²) < 4.78 is 0. The quantitative estimate of drug-likeness (QED) is 0.584. The molecule has 1 heterocycles. The number of nitrogens with two attached hydrogens (primary N) is 1. The third-order valence-corrected chi connectivity index (χ3v) is 3.93.